The number of benzene rings is 2. The molecule has 0 N–H and O–H groups in total. The van der Waals surface area contributed by atoms with E-state index in [0.29, 0.717) is 0 Å². The fourth-order valence-corrected chi connectivity index (χ4v) is 3.62. The molecule has 0 spiro atoms. The van der Waals surface area contributed by atoms with Gasteiger partial charge in [-0.15, -0.1) is 0 Å². The molecule has 0 saturated carbocycles. The fourth-order valence-electron chi connectivity index (χ4n) is 3.62. The van der Waals surface area contributed by atoms with E-state index in [2.05, 4.69) is 11.0 Å². The van der Waals surface area contributed by atoms with Crippen molar-refractivity contribution >= 4 is 17.4 Å². The summed E-state index contributed by atoms with van der Waals surface area (Å²) in [6.07, 6.45) is 0.933. The Morgan fingerprint density at radius 3 is 2.52 bits per heavy atom. The number of carbonyl (C=O) groups excluding carboxylic acids is 1. The number of hydrogen-bond acceptors (Lipinski definition) is 4. The van der Waals surface area contributed by atoms with Crippen LogP contribution >= 0.6 is 0 Å². The molecule has 27 heavy (non-hydrogen) atoms. The van der Waals surface area contributed by atoms with Gasteiger partial charge in [0.2, 0.25) is 5.91 Å². The van der Waals surface area contributed by atoms with Gasteiger partial charge in [0, 0.05) is 32.1 Å². The predicted molar refractivity (Wildman–Crippen MR) is 107 cm³/mol. The highest BCUT2D eigenvalue weighted by Crippen LogP contribution is 2.37. The predicted octanol–water partition coefficient (Wildman–Crippen LogP) is 4.06. The summed E-state index contributed by atoms with van der Waals surface area (Å²) in [7, 11) is 0. The van der Waals surface area contributed by atoms with Crippen molar-refractivity contribution in [3.8, 4) is 11.5 Å². The standard InChI is InChI=1S/C22H25N3O2/c1-16(2)22(26)25-13-7-12-24(14-15-25)21-17-8-3-5-10-19(17)27-20-11-6-4-9-18(20)23-21/h3-6,8-11,16H,7,12-15H2,1-2H3. The number of hydrogen-bond donors (Lipinski definition) is 0. The maximum absolute atomic E-state index is 12.4. The first kappa shape index (κ1) is 17.6. The van der Waals surface area contributed by atoms with E-state index in [4.69, 9.17) is 9.73 Å². The van der Waals surface area contributed by atoms with Gasteiger partial charge in [-0.1, -0.05) is 38.1 Å². The Hall–Kier alpha value is -2.82. The van der Waals surface area contributed by atoms with E-state index in [-0.39, 0.29) is 11.8 Å². The van der Waals surface area contributed by atoms with Crippen molar-refractivity contribution in [3.05, 3.63) is 54.1 Å². The summed E-state index contributed by atoms with van der Waals surface area (Å²) in [5.74, 6) is 2.78. The van der Waals surface area contributed by atoms with E-state index >= 15 is 0 Å². The molecule has 0 bridgehead atoms. The second kappa shape index (κ2) is 7.43. The van der Waals surface area contributed by atoms with Crippen molar-refractivity contribution in [2.45, 2.75) is 20.3 Å². The second-order valence-electron chi connectivity index (χ2n) is 7.32. The molecule has 0 aromatic heterocycles. The lowest BCUT2D eigenvalue weighted by Crippen LogP contribution is -2.39. The molecule has 0 aliphatic carbocycles. The van der Waals surface area contributed by atoms with Gasteiger partial charge < -0.3 is 14.5 Å². The molecule has 0 radical (unpaired) electrons. The molecule has 1 saturated heterocycles. The lowest BCUT2D eigenvalue weighted by Gasteiger charge is -2.26. The molecule has 5 heteroatoms. The highest BCUT2D eigenvalue weighted by Gasteiger charge is 2.26. The SMILES string of the molecule is CC(C)C(=O)N1CCCN(C2=Nc3ccccc3Oc3ccccc32)CC1. The van der Waals surface area contributed by atoms with Crippen LogP contribution in [-0.4, -0.2) is 47.7 Å². The van der Waals surface area contributed by atoms with Gasteiger partial charge in [-0.3, -0.25) is 4.79 Å². The molecule has 2 aromatic carbocycles. The molecule has 1 amide bonds. The topological polar surface area (TPSA) is 45.1 Å². The Labute approximate surface area is 160 Å². The minimum absolute atomic E-state index is 0.0350. The van der Waals surface area contributed by atoms with Crippen molar-refractivity contribution < 1.29 is 9.53 Å². The maximum atomic E-state index is 12.4. The zero-order valence-electron chi connectivity index (χ0n) is 15.9. The van der Waals surface area contributed by atoms with Crippen LogP contribution in [0.3, 0.4) is 0 Å². The molecule has 140 valence electrons. The third kappa shape index (κ3) is 3.54. The summed E-state index contributed by atoms with van der Waals surface area (Å²) >= 11 is 0. The van der Waals surface area contributed by atoms with Gasteiger partial charge in [0.25, 0.3) is 0 Å². The van der Waals surface area contributed by atoms with Crippen molar-refractivity contribution in [2.75, 3.05) is 26.2 Å². The molecule has 5 nitrogen and oxygen atoms in total. The Morgan fingerprint density at radius 2 is 1.70 bits per heavy atom. The number of aliphatic imine (C=N–C) groups is 1. The summed E-state index contributed by atoms with van der Waals surface area (Å²) in [5.41, 5.74) is 1.83. The molecule has 2 aliphatic heterocycles. The average Bonchev–Trinajstić information content (AvgIpc) is 3.01. The van der Waals surface area contributed by atoms with Crippen molar-refractivity contribution in [1.82, 2.24) is 9.80 Å². The first-order valence-electron chi connectivity index (χ1n) is 9.62. The van der Waals surface area contributed by atoms with Crippen LogP contribution in [0.25, 0.3) is 0 Å². The Morgan fingerprint density at radius 1 is 0.963 bits per heavy atom. The molecule has 4 rings (SSSR count). The van der Waals surface area contributed by atoms with E-state index in [0.717, 1.165) is 61.2 Å². The molecule has 2 aliphatic rings. The molecule has 2 aromatic rings. The zero-order chi connectivity index (χ0) is 18.8. The first-order valence-corrected chi connectivity index (χ1v) is 9.62. The van der Waals surface area contributed by atoms with Gasteiger partial charge >= 0.3 is 0 Å². The molecule has 0 atom stereocenters. The quantitative estimate of drug-likeness (QED) is 0.767. The van der Waals surface area contributed by atoms with E-state index in [1.54, 1.807) is 0 Å². The van der Waals surface area contributed by atoms with Crippen LogP contribution in [-0.2, 0) is 4.79 Å². The van der Waals surface area contributed by atoms with Gasteiger partial charge in [0.1, 0.15) is 17.3 Å². The summed E-state index contributed by atoms with van der Waals surface area (Å²) in [6, 6.07) is 15.9. The third-order valence-electron chi connectivity index (χ3n) is 5.04. The summed E-state index contributed by atoms with van der Waals surface area (Å²) < 4.78 is 6.14. The van der Waals surface area contributed by atoms with Crippen molar-refractivity contribution in [2.24, 2.45) is 10.9 Å². The Balaban J connectivity index is 1.67. The number of amides is 1. The number of ether oxygens (including phenoxy) is 1. The van der Waals surface area contributed by atoms with E-state index in [9.17, 15) is 4.79 Å². The van der Waals surface area contributed by atoms with Gasteiger partial charge in [-0.2, -0.15) is 0 Å². The summed E-state index contributed by atoms with van der Waals surface area (Å²) in [4.78, 5) is 21.6. The van der Waals surface area contributed by atoms with Crippen LogP contribution < -0.4 is 4.74 Å². The Bertz CT molecular complexity index is 875. The van der Waals surface area contributed by atoms with Crippen LogP contribution in [0.1, 0.15) is 25.8 Å². The van der Waals surface area contributed by atoms with E-state index in [1.165, 1.54) is 0 Å². The van der Waals surface area contributed by atoms with E-state index < -0.39 is 0 Å². The highest BCUT2D eigenvalue weighted by molar-refractivity contribution is 6.03. The number of amidine groups is 1. The van der Waals surface area contributed by atoms with Crippen LogP contribution in [0.4, 0.5) is 5.69 Å². The fraction of sp³-hybridized carbons (Fsp3) is 0.364. The van der Waals surface area contributed by atoms with Gasteiger partial charge in [0.15, 0.2) is 5.75 Å². The molecule has 2 heterocycles. The molecule has 0 unspecified atom stereocenters. The number of para-hydroxylation sites is 3. The zero-order valence-corrected chi connectivity index (χ0v) is 15.9. The second-order valence-corrected chi connectivity index (χ2v) is 7.32. The number of nitrogens with zero attached hydrogens (tertiary/aromatic N) is 3. The minimum Gasteiger partial charge on any atom is -0.454 e. The first-order chi connectivity index (χ1) is 13.1. The third-order valence-corrected chi connectivity index (χ3v) is 5.04. The minimum atomic E-state index is 0.0350. The van der Waals surface area contributed by atoms with Gasteiger partial charge in [-0.25, -0.2) is 4.99 Å². The van der Waals surface area contributed by atoms with Crippen molar-refractivity contribution in [3.63, 3.8) is 0 Å². The van der Waals surface area contributed by atoms with Gasteiger partial charge in [-0.05, 0) is 30.7 Å². The van der Waals surface area contributed by atoms with Gasteiger partial charge in [0.05, 0.1) is 5.56 Å². The number of fused-ring (bicyclic) bond motifs is 2. The molecular weight excluding hydrogens is 338 g/mol. The largest absolute Gasteiger partial charge is 0.454 e. The lowest BCUT2D eigenvalue weighted by atomic mass is 10.1. The maximum Gasteiger partial charge on any atom is 0.225 e. The summed E-state index contributed by atoms with van der Waals surface area (Å²) in [6.45, 7) is 7.09. The van der Waals surface area contributed by atoms with Crippen LogP contribution in [0, 0.1) is 5.92 Å². The Kier molecular flexibility index (Phi) is 4.84. The van der Waals surface area contributed by atoms with Crippen LogP contribution in [0.15, 0.2) is 53.5 Å². The van der Waals surface area contributed by atoms with Crippen LogP contribution in [0.2, 0.25) is 0 Å². The van der Waals surface area contributed by atoms with E-state index in [1.807, 2.05) is 61.2 Å². The molecular formula is C22H25N3O2. The smallest absolute Gasteiger partial charge is 0.225 e. The average molecular weight is 363 g/mol. The number of carbonyl (C=O) groups is 1. The highest BCUT2D eigenvalue weighted by atomic mass is 16.5. The monoisotopic (exact) mass is 363 g/mol. The van der Waals surface area contributed by atoms with Crippen LogP contribution in [0.5, 0.6) is 11.5 Å². The number of rotatable bonds is 1. The summed E-state index contributed by atoms with van der Waals surface area (Å²) in [5, 5.41) is 0. The normalized spacial score (nSPS) is 16.6. The lowest BCUT2D eigenvalue weighted by molar-refractivity contribution is -0.134. The van der Waals surface area contributed by atoms with Crippen molar-refractivity contribution in [1.29, 1.82) is 0 Å². The molecule has 1 fully saturated rings.